The van der Waals surface area contributed by atoms with E-state index in [0.717, 1.165) is 43.4 Å². The van der Waals surface area contributed by atoms with Gasteiger partial charge < -0.3 is 14.7 Å². The Kier molecular flexibility index (Phi) is 3.18. The first-order chi connectivity index (χ1) is 7.31. The first-order valence-corrected chi connectivity index (χ1v) is 5.21. The molecule has 0 aromatic carbocycles. The summed E-state index contributed by atoms with van der Waals surface area (Å²) in [5.74, 6) is 0.980. The maximum absolute atomic E-state index is 9.05. The summed E-state index contributed by atoms with van der Waals surface area (Å²) in [6.07, 6.45) is 0. The van der Waals surface area contributed by atoms with Gasteiger partial charge in [-0.1, -0.05) is 6.07 Å². The fraction of sp³-hybridized carbons (Fsp3) is 0.545. The number of nitrogens with zero attached hydrogens (tertiary/aromatic N) is 2. The van der Waals surface area contributed by atoms with Crippen LogP contribution in [0.1, 0.15) is 11.3 Å². The van der Waals surface area contributed by atoms with Crippen LogP contribution < -0.4 is 4.90 Å². The Bertz CT molecular complexity index is 335. The number of ether oxygens (including phenoxy) is 1. The zero-order valence-electron chi connectivity index (χ0n) is 8.94. The van der Waals surface area contributed by atoms with E-state index in [1.165, 1.54) is 0 Å². The Morgan fingerprint density at radius 2 is 2.13 bits per heavy atom. The Morgan fingerprint density at radius 1 is 1.40 bits per heavy atom. The molecule has 0 saturated carbocycles. The van der Waals surface area contributed by atoms with Crippen LogP contribution in [0, 0.1) is 6.92 Å². The van der Waals surface area contributed by atoms with Crippen LogP contribution >= 0.6 is 0 Å². The van der Waals surface area contributed by atoms with Crippen molar-refractivity contribution in [2.24, 2.45) is 0 Å². The minimum atomic E-state index is 0.0578. The maximum Gasteiger partial charge on any atom is 0.128 e. The standard InChI is InChI=1S/C11H16N2O2/c1-9-10(8-14)2-3-11(12-9)13-4-6-15-7-5-13/h2-3,14H,4-8H2,1H3. The van der Waals surface area contributed by atoms with Gasteiger partial charge in [-0.05, 0) is 18.6 Å². The van der Waals surface area contributed by atoms with Gasteiger partial charge in [0, 0.05) is 18.8 Å². The van der Waals surface area contributed by atoms with Crippen molar-refractivity contribution in [2.75, 3.05) is 31.2 Å². The van der Waals surface area contributed by atoms with Crippen LogP contribution in [-0.4, -0.2) is 36.4 Å². The van der Waals surface area contributed by atoms with E-state index < -0.39 is 0 Å². The van der Waals surface area contributed by atoms with Gasteiger partial charge in [0.15, 0.2) is 0 Å². The lowest BCUT2D eigenvalue weighted by Crippen LogP contribution is -2.36. The molecule has 2 rings (SSSR count). The van der Waals surface area contributed by atoms with Gasteiger partial charge in [0.25, 0.3) is 0 Å². The molecule has 0 atom stereocenters. The summed E-state index contributed by atoms with van der Waals surface area (Å²) in [4.78, 5) is 6.68. The van der Waals surface area contributed by atoms with Crippen molar-refractivity contribution >= 4 is 5.82 Å². The number of aliphatic hydroxyl groups excluding tert-OH is 1. The van der Waals surface area contributed by atoms with Gasteiger partial charge in [0.2, 0.25) is 0 Å². The highest BCUT2D eigenvalue weighted by atomic mass is 16.5. The molecule has 82 valence electrons. The SMILES string of the molecule is Cc1nc(N2CCOCC2)ccc1CO. The number of morpholine rings is 1. The smallest absolute Gasteiger partial charge is 0.128 e. The first-order valence-electron chi connectivity index (χ1n) is 5.21. The molecular formula is C11H16N2O2. The van der Waals surface area contributed by atoms with Crippen molar-refractivity contribution in [1.29, 1.82) is 0 Å². The van der Waals surface area contributed by atoms with Crippen molar-refractivity contribution in [2.45, 2.75) is 13.5 Å². The van der Waals surface area contributed by atoms with Gasteiger partial charge in [-0.15, -0.1) is 0 Å². The molecule has 0 bridgehead atoms. The van der Waals surface area contributed by atoms with E-state index in [1.54, 1.807) is 0 Å². The number of aryl methyl sites for hydroxylation is 1. The predicted octanol–water partition coefficient (Wildman–Crippen LogP) is 0.719. The monoisotopic (exact) mass is 208 g/mol. The molecule has 0 unspecified atom stereocenters. The second-order valence-corrected chi connectivity index (χ2v) is 3.67. The molecule has 4 nitrogen and oxygen atoms in total. The zero-order valence-corrected chi connectivity index (χ0v) is 8.94. The maximum atomic E-state index is 9.05. The predicted molar refractivity (Wildman–Crippen MR) is 57.9 cm³/mol. The summed E-state index contributed by atoms with van der Waals surface area (Å²) in [5.41, 5.74) is 1.80. The largest absolute Gasteiger partial charge is 0.392 e. The van der Waals surface area contributed by atoms with Crippen molar-refractivity contribution in [3.8, 4) is 0 Å². The molecule has 1 aliphatic heterocycles. The Morgan fingerprint density at radius 3 is 2.73 bits per heavy atom. The fourth-order valence-corrected chi connectivity index (χ4v) is 1.71. The zero-order chi connectivity index (χ0) is 10.7. The summed E-state index contributed by atoms with van der Waals surface area (Å²) >= 11 is 0. The quantitative estimate of drug-likeness (QED) is 0.778. The molecule has 1 aromatic heterocycles. The average Bonchev–Trinajstić information content (AvgIpc) is 2.30. The topological polar surface area (TPSA) is 45.6 Å². The Balaban J connectivity index is 2.17. The molecule has 1 aromatic rings. The van der Waals surface area contributed by atoms with Crippen LogP contribution in [0.15, 0.2) is 12.1 Å². The number of hydrogen-bond acceptors (Lipinski definition) is 4. The molecule has 0 amide bonds. The number of aromatic nitrogens is 1. The van der Waals surface area contributed by atoms with E-state index in [1.807, 2.05) is 19.1 Å². The molecular weight excluding hydrogens is 192 g/mol. The van der Waals surface area contributed by atoms with Crippen molar-refractivity contribution in [3.63, 3.8) is 0 Å². The van der Waals surface area contributed by atoms with Gasteiger partial charge >= 0.3 is 0 Å². The van der Waals surface area contributed by atoms with Gasteiger partial charge in [-0.25, -0.2) is 4.98 Å². The van der Waals surface area contributed by atoms with Crippen LogP contribution in [0.2, 0.25) is 0 Å². The van der Waals surface area contributed by atoms with Gasteiger partial charge in [0.1, 0.15) is 5.82 Å². The Hall–Kier alpha value is -1.13. The number of rotatable bonds is 2. The van der Waals surface area contributed by atoms with E-state index in [0.29, 0.717) is 0 Å². The number of pyridine rings is 1. The molecule has 2 heterocycles. The van der Waals surface area contributed by atoms with Crippen LogP contribution in [0.4, 0.5) is 5.82 Å². The molecule has 1 saturated heterocycles. The minimum Gasteiger partial charge on any atom is -0.392 e. The average molecular weight is 208 g/mol. The van der Waals surface area contributed by atoms with E-state index in [2.05, 4.69) is 9.88 Å². The number of hydrogen-bond donors (Lipinski definition) is 1. The third-order valence-electron chi connectivity index (χ3n) is 2.69. The molecule has 4 heteroatoms. The summed E-state index contributed by atoms with van der Waals surface area (Å²) in [6.45, 7) is 5.30. The fourth-order valence-electron chi connectivity index (χ4n) is 1.71. The second-order valence-electron chi connectivity index (χ2n) is 3.67. The molecule has 0 radical (unpaired) electrons. The minimum absolute atomic E-state index is 0.0578. The Labute approximate surface area is 89.5 Å². The molecule has 15 heavy (non-hydrogen) atoms. The normalized spacial score (nSPS) is 16.8. The number of anilines is 1. The molecule has 0 aliphatic carbocycles. The summed E-state index contributed by atoms with van der Waals surface area (Å²) in [6, 6.07) is 3.90. The highest BCUT2D eigenvalue weighted by Crippen LogP contribution is 2.15. The van der Waals surface area contributed by atoms with Crippen LogP contribution in [0.25, 0.3) is 0 Å². The van der Waals surface area contributed by atoms with Crippen LogP contribution in [0.3, 0.4) is 0 Å². The van der Waals surface area contributed by atoms with Crippen molar-refractivity contribution in [3.05, 3.63) is 23.4 Å². The summed E-state index contributed by atoms with van der Waals surface area (Å²) in [5, 5.41) is 9.05. The lowest BCUT2D eigenvalue weighted by molar-refractivity contribution is 0.122. The van der Waals surface area contributed by atoms with Gasteiger partial charge in [-0.3, -0.25) is 0 Å². The third-order valence-corrected chi connectivity index (χ3v) is 2.69. The third kappa shape index (κ3) is 2.27. The van der Waals surface area contributed by atoms with Crippen LogP contribution in [-0.2, 0) is 11.3 Å². The van der Waals surface area contributed by atoms with E-state index in [9.17, 15) is 0 Å². The highest BCUT2D eigenvalue weighted by molar-refractivity contribution is 5.41. The van der Waals surface area contributed by atoms with Crippen LogP contribution in [0.5, 0.6) is 0 Å². The second kappa shape index (κ2) is 4.59. The molecule has 1 aliphatic rings. The van der Waals surface area contributed by atoms with Crippen molar-refractivity contribution < 1.29 is 9.84 Å². The van der Waals surface area contributed by atoms with E-state index >= 15 is 0 Å². The molecule has 1 N–H and O–H groups in total. The summed E-state index contributed by atoms with van der Waals surface area (Å²) in [7, 11) is 0. The molecule has 0 spiro atoms. The lowest BCUT2D eigenvalue weighted by Gasteiger charge is -2.28. The molecule has 1 fully saturated rings. The van der Waals surface area contributed by atoms with E-state index in [-0.39, 0.29) is 6.61 Å². The first kappa shape index (κ1) is 10.4. The van der Waals surface area contributed by atoms with Gasteiger partial charge in [0.05, 0.1) is 19.8 Å². The lowest BCUT2D eigenvalue weighted by atomic mass is 10.2. The number of aliphatic hydroxyl groups is 1. The van der Waals surface area contributed by atoms with E-state index in [4.69, 9.17) is 9.84 Å². The highest BCUT2D eigenvalue weighted by Gasteiger charge is 2.12. The van der Waals surface area contributed by atoms with Gasteiger partial charge in [-0.2, -0.15) is 0 Å². The van der Waals surface area contributed by atoms with Crippen molar-refractivity contribution in [1.82, 2.24) is 4.98 Å². The summed E-state index contributed by atoms with van der Waals surface area (Å²) < 4.78 is 5.29.